The van der Waals surface area contributed by atoms with Crippen molar-refractivity contribution in [2.45, 2.75) is 26.1 Å². The van der Waals surface area contributed by atoms with E-state index in [4.69, 9.17) is 23.4 Å². The van der Waals surface area contributed by atoms with E-state index >= 15 is 0 Å². The lowest BCUT2D eigenvalue weighted by Crippen LogP contribution is -2.02. The van der Waals surface area contributed by atoms with Crippen LogP contribution in [-0.2, 0) is 26.1 Å². The molecule has 0 aliphatic carbocycles. The van der Waals surface area contributed by atoms with Crippen LogP contribution in [0.15, 0.2) is 108 Å². The van der Waals surface area contributed by atoms with E-state index in [1.165, 1.54) is 28.0 Å². The van der Waals surface area contributed by atoms with Gasteiger partial charge in [-0.1, -0.05) is 66.7 Å². The van der Waals surface area contributed by atoms with Crippen molar-refractivity contribution in [3.8, 4) is 33.9 Å². The molecule has 7 aromatic rings. The first-order valence-electron chi connectivity index (χ1n) is 14.6. The summed E-state index contributed by atoms with van der Waals surface area (Å²) in [6.07, 6.45) is 3.78. The highest BCUT2D eigenvalue weighted by Crippen LogP contribution is 2.37. The summed E-state index contributed by atoms with van der Waals surface area (Å²) >= 11 is 1.36. The van der Waals surface area contributed by atoms with E-state index in [1.54, 1.807) is 18.7 Å². The highest BCUT2D eigenvalue weighted by molar-refractivity contribution is 7.18. The molecule has 4 aromatic carbocycles. The molecule has 0 radical (unpaired) electrons. The summed E-state index contributed by atoms with van der Waals surface area (Å²) in [5.41, 5.74) is 6.12. The SMILES string of the molecule is COc1cc(OCc2cccc(OCc3ccccc3CCc3ccccc3)c2)c2cc(-c3cn4nc(OC)sc4n3)oc2c1. The van der Waals surface area contributed by atoms with E-state index in [0.717, 1.165) is 29.5 Å². The summed E-state index contributed by atoms with van der Waals surface area (Å²) in [5.74, 6) is 2.69. The maximum atomic E-state index is 6.33. The Morgan fingerprint density at radius 1 is 0.733 bits per heavy atom. The summed E-state index contributed by atoms with van der Waals surface area (Å²) in [4.78, 5) is 5.37. The zero-order chi connectivity index (χ0) is 30.6. The Hall–Kier alpha value is -5.28. The molecule has 0 bridgehead atoms. The van der Waals surface area contributed by atoms with E-state index in [9.17, 15) is 0 Å². The average molecular weight is 618 g/mol. The number of methoxy groups -OCH3 is 2. The minimum Gasteiger partial charge on any atom is -0.496 e. The second-order valence-electron chi connectivity index (χ2n) is 10.6. The van der Waals surface area contributed by atoms with Gasteiger partial charge in [-0.25, -0.2) is 9.50 Å². The summed E-state index contributed by atoms with van der Waals surface area (Å²) in [7, 11) is 3.21. The number of nitrogens with zero attached hydrogens (tertiary/aromatic N) is 3. The van der Waals surface area contributed by atoms with E-state index in [1.807, 2.05) is 48.7 Å². The first kappa shape index (κ1) is 28.5. The molecule has 0 N–H and O–H groups in total. The second-order valence-corrected chi connectivity index (χ2v) is 11.5. The molecule has 3 aromatic heterocycles. The Morgan fingerprint density at radius 2 is 1.56 bits per heavy atom. The summed E-state index contributed by atoms with van der Waals surface area (Å²) in [6.45, 7) is 0.842. The summed E-state index contributed by atoms with van der Waals surface area (Å²) < 4.78 is 31.2. The number of aryl methyl sites for hydroxylation is 2. The number of hydrogen-bond donors (Lipinski definition) is 0. The molecule has 0 fully saturated rings. The van der Waals surface area contributed by atoms with E-state index in [-0.39, 0.29) is 0 Å². The maximum Gasteiger partial charge on any atom is 0.294 e. The minimum atomic E-state index is 0.345. The third kappa shape index (κ3) is 6.34. The van der Waals surface area contributed by atoms with E-state index < -0.39 is 0 Å². The van der Waals surface area contributed by atoms with Crippen LogP contribution in [0.1, 0.15) is 22.3 Å². The van der Waals surface area contributed by atoms with Crippen molar-refractivity contribution in [3.05, 3.63) is 126 Å². The largest absolute Gasteiger partial charge is 0.496 e. The van der Waals surface area contributed by atoms with Gasteiger partial charge in [0.05, 0.1) is 25.8 Å². The smallest absolute Gasteiger partial charge is 0.294 e. The van der Waals surface area contributed by atoms with E-state index in [2.05, 4.69) is 64.7 Å². The van der Waals surface area contributed by atoms with Crippen LogP contribution in [0.4, 0.5) is 0 Å². The van der Waals surface area contributed by atoms with Crippen molar-refractivity contribution in [3.63, 3.8) is 0 Å². The molecule has 0 aliphatic rings. The van der Waals surface area contributed by atoms with Gasteiger partial charge in [-0.05, 0) is 64.6 Å². The molecule has 0 atom stereocenters. The highest BCUT2D eigenvalue weighted by atomic mass is 32.1. The molecule has 9 heteroatoms. The summed E-state index contributed by atoms with van der Waals surface area (Å²) in [6, 6.07) is 32.7. The standard InChI is InChI=1S/C36H31N3O5S/c1-40-29-18-32(30-20-34(44-33(30)19-29)31-21-39-35(37-31)45-36(38-39)41-2)43-22-25-11-8-14-28(17-25)42-23-27-13-7-6-12-26(27)16-15-24-9-4-3-5-10-24/h3-14,17-21H,15-16,22-23H2,1-2H3. The lowest BCUT2D eigenvalue weighted by Gasteiger charge is -2.13. The highest BCUT2D eigenvalue weighted by Gasteiger charge is 2.17. The number of ether oxygens (including phenoxy) is 4. The summed E-state index contributed by atoms with van der Waals surface area (Å²) in [5, 5.41) is 5.73. The number of benzene rings is 4. The van der Waals surface area contributed by atoms with Crippen LogP contribution in [0.25, 0.3) is 27.4 Å². The Labute approximate surface area is 264 Å². The lowest BCUT2D eigenvalue weighted by atomic mass is 10.0. The minimum absolute atomic E-state index is 0.345. The van der Waals surface area contributed by atoms with Crippen molar-refractivity contribution >= 4 is 27.3 Å². The van der Waals surface area contributed by atoms with Gasteiger partial charge in [0.2, 0.25) is 4.96 Å². The fraction of sp³-hybridized carbons (Fsp3) is 0.167. The molecule has 226 valence electrons. The Bertz CT molecular complexity index is 2030. The van der Waals surface area contributed by atoms with Crippen molar-refractivity contribution in [1.29, 1.82) is 0 Å². The molecule has 0 aliphatic heterocycles. The van der Waals surface area contributed by atoms with Gasteiger partial charge in [0.1, 0.15) is 41.7 Å². The van der Waals surface area contributed by atoms with Gasteiger partial charge in [-0.3, -0.25) is 0 Å². The normalized spacial score (nSPS) is 11.2. The number of aromatic nitrogens is 3. The molecule has 0 amide bonds. The molecule has 0 spiro atoms. The maximum absolute atomic E-state index is 6.33. The van der Waals surface area contributed by atoms with E-state index in [0.29, 0.717) is 51.9 Å². The van der Waals surface area contributed by atoms with Crippen molar-refractivity contribution in [2.75, 3.05) is 14.2 Å². The first-order chi connectivity index (χ1) is 22.1. The van der Waals surface area contributed by atoms with Crippen LogP contribution in [0.5, 0.6) is 22.4 Å². The van der Waals surface area contributed by atoms with Crippen LogP contribution in [-0.4, -0.2) is 28.8 Å². The van der Waals surface area contributed by atoms with Gasteiger partial charge in [0.15, 0.2) is 5.76 Å². The van der Waals surface area contributed by atoms with Crippen LogP contribution in [0.2, 0.25) is 0 Å². The quantitative estimate of drug-likeness (QED) is 0.137. The predicted octanol–water partition coefficient (Wildman–Crippen LogP) is 8.16. The van der Waals surface area contributed by atoms with Gasteiger partial charge >= 0.3 is 0 Å². The van der Waals surface area contributed by atoms with Crippen LogP contribution < -0.4 is 18.9 Å². The zero-order valence-electron chi connectivity index (χ0n) is 24.9. The number of fused-ring (bicyclic) bond motifs is 2. The van der Waals surface area contributed by atoms with Gasteiger partial charge in [0, 0.05) is 12.1 Å². The molecule has 8 nitrogen and oxygen atoms in total. The fourth-order valence-corrected chi connectivity index (χ4v) is 5.94. The van der Waals surface area contributed by atoms with Crippen LogP contribution in [0, 0.1) is 0 Å². The molecule has 7 rings (SSSR count). The predicted molar refractivity (Wildman–Crippen MR) is 175 cm³/mol. The van der Waals surface area contributed by atoms with Gasteiger partial charge < -0.3 is 23.4 Å². The molecule has 0 unspecified atom stereocenters. The van der Waals surface area contributed by atoms with Crippen LogP contribution in [0.3, 0.4) is 0 Å². The molecule has 3 heterocycles. The number of rotatable bonds is 12. The van der Waals surface area contributed by atoms with Gasteiger partial charge in [-0.2, -0.15) is 0 Å². The number of hydrogen-bond acceptors (Lipinski definition) is 8. The Kier molecular flexibility index (Phi) is 8.07. The third-order valence-corrected chi connectivity index (χ3v) is 8.48. The third-order valence-electron chi connectivity index (χ3n) is 7.59. The Balaban J connectivity index is 1.05. The number of furan rings is 1. The topological polar surface area (TPSA) is 80.2 Å². The zero-order valence-corrected chi connectivity index (χ0v) is 25.8. The molecule has 0 saturated carbocycles. The average Bonchev–Trinajstić information content (AvgIpc) is 3.80. The number of imidazole rings is 1. The van der Waals surface area contributed by atoms with Crippen molar-refractivity contribution in [1.82, 2.24) is 14.6 Å². The van der Waals surface area contributed by atoms with Crippen molar-refractivity contribution < 1.29 is 23.4 Å². The van der Waals surface area contributed by atoms with Gasteiger partial charge in [0.25, 0.3) is 5.19 Å². The monoisotopic (exact) mass is 617 g/mol. The molecular formula is C36H31N3O5S. The first-order valence-corrected chi connectivity index (χ1v) is 15.4. The second kappa shape index (κ2) is 12.8. The Morgan fingerprint density at radius 3 is 2.38 bits per heavy atom. The van der Waals surface area contributed by atoms with Crippen LogP contribution >= 0.6 is 11.3 Å². The van der Waals surface area contributed by atoms with Gasteiger partial charge in [-0.15, -0.1) is 5.10 Å². The molecule has 45 heavy (non-hydrogen) atoms. The molecular weight excluding hydrogens is 586 g/mol. The van der Waals surface area contributed by atoms with Crippen molar-refractivity contribution in [2.24, 2.45) is 0 Å². The fourth-order valence-electron chi connectivity index (χ4n) is 5.24. The molecule has 0 saturated heterocycles. The lowest BCUT2D eigenvalue weighted by molar-refractivity contribution is 0.296.